The van der Waals surface area contributed by atoms with Crippen molar-refractivity contribution in [3.63, 3.8) is 0 Å². The van der Waals surface area contributed by atoms with E-state index in [1.807, 2.05) is 31.3 Å². The Labute approximate surface area is 123 Å². The third kappa shape index (κ3) is 4.32. The summed E-state index contributed by atoms with van der Waals surface area (Å²) in [5.74, 6) is -0.0723. The van der Waals surface area contributed by atoms with E-state index in [9.17, 15) is 4.79 Å². The van der Waals surface area contributed by atoms with Crippen LogP contribution in [0.4, 0.5) is 5.69 Å². The number of nitrogens with one attached hydrogen (secondary N) is 2. The largest absolute Gasteiger partial charge is 0.394 e. The summed E-state index contributed by atoms with van der Waals surface area (Å²) in [5, 5.41) is 19.0. The third-order valence-electron chi connectivity index (χ3n) is 2.97. The number of benzene rings is 1. The van der Waals surface area contributed by atoms with Crippen molar-refractivity contribution in [1.29, 1.82) is 0 Å². The first-order valence-corrected chi connectivity index (χ1v) is 6.97. The fourth-order valence-electron chi connectivity index (χ4n) is 1.96. The van der Waals surface area contributed by atoms with E-state index in [0.29, 0.717) is 25.2 Å². The maximum Gasteiger partial charge on any atom is 0.251 e. The standard InChI is InChI=1S/C15H20N4O2/c1-2-16-15(21)13-4-3-5-14(8-13)17-9-12-10-18-19(11-12)6-7-20/h3-5,8,10-11,17,20H,2,6-7,9H2,1H3,(H,16,21). The van der Waals surface area contributed by atoms with Gasteiger partial charge in [0.15, 0.2) is 0 Å². The van der Waals surface area contributed by atoms with Crippen molar-refractivity contribution in [2.24, 2.45) is 0 Å². The van der Waals surface area contributed by atoms with Crippen LogP contribution < -0.4 is 10.6 Å². The summed E-state index contributed by atoms with van der Waals surface area (Å²) < 4.78 is 1.70. The molecule has 0 saturated heterocycles. The van der Waals surface area contributed by atoms with Crippen molar-refractivity contribution >= 4 is 11.6 Å². The van der Waals surface area contributed by atoms with Crippen molar-refractivity contribution in [1.82, 2.24) is 15.1 Å². The maximum atomic E-state index is 11.8. The second-order valence-electron chi connectivity index (χ2n) is 4.63. The van der Waals surface area contributed by atoms with Gasteiger partial charge in [0.2, 0.25) is 0 Å². The van der Waals surface area contributed by atoms with Gasteiger partial charge >= 0.3 is 0 Å². The average molecular weight is 288 g/mol. The van der Waals surface area contributed by atoms with Crippen LogP contribution in [0.15, 0.2) is 36.7 Å². The number of aliphatic hydroxyl groups excluding tert-OH is 1. The zero-order chi connectivity index (χ0) is 15.1. The summed E-state index contributed by atoms with van der Waals surface area (Å²) in [4.78, 5) is 11.8. The Hall–Kier alpha value is -2.34. The number of rotatable bonds is 7. The molecule has 112 valence electrons. The van der Waals surface area contributed by atoms with Crippen LogP contribution in [-0.2, 0) is 13.1 Å². The number of carbonyl (C=O) groups excluding carboxylic acids is 1. The molecule has 0 aliphatic carbocycles. The molecule has 0 radical (unpaired) electrons. The topological polar surface area (TPSA) is 79.2 Å². The molecule has 2 rings (SSSR count). The van der Waals surface area contributed by atoms with Crippen LogP contribution in [0.2, 0.25) is 0 Å². The molecule has 1 aromatic carbocycles. The monoisotopic (exact) mass is 288 g/mol. The summed E-state index contributed by atoms with van der Waals surface area (Å²) in [7, 11) is 0. The summed E-state index contributed by atoms with van der Waals surface area (Å²) >= 11 is 0. The van der Waals surface area contributed by atoms with Gasteiger partial charge in [-0.1, -0.05) is 6.07 Å². The van der Waals surface area contributed by atoms with Crippen LogP contribution in [0.5, 0.6) is 0 Å². The van der Waals surface area contributed by atoms with Crippen LogP contribution in [0.1, 0.15) is 22.8 Å². The lowest BCUT2D eigenvalue weighted by atomic mass is 10.2. The zero-order valence-electron chi connectivity index (χ0n) is 12.0. The van der Waals surface area contributed by atoms with Gasteiger partial charge in [0.25, 0.3) is 5.91 Å². The smallest absolute Gasteiger partial charge is 0.251 e. The molecule has 0 saturated carbocycles. The maximum absolute atomic E-state index is 11.8. The number of hydrogen-bond donors (Lipinski definition) is 3. The van der Waals surface area contributed by atoms with E-state index in [1.165, 1.54) is 0 Å². The molecule has 1 heterocycles. The Morgan fingerprint density at radius 1 is 1.43 bits per heavy atom. The number of amides is 1. The molecule has 2 aromatic rings. The van der Waals surface area contributed by atoms with Gasteiger partial charge in [0.05, 0.1) is 19.3 Å². The first kappa shape index (κ1) is 15.1. The molecule has 1 amide bonds. The minimum absolute atomic E-state index is 0.0723. The SMILES string of the molecule is CCNC(=O)c1cccc(NCc2cnn(CCO)c2)c1. The summed E-state index contributed by atoms with van der Waals surface area (Å²) in [5.41, 5.74) is 2.54. The third-order valence-corrected chi connectivity index (χ3v) is 2.97. The molecule has 3 N–H and O–H groups in total. The molecule has 1 aromatic heterocycles. The first-order valence-electron chi connectivity index (χ1n) is 6.97. The number of nitrogens with zero attached hydrogens (tertiary/aromatic N) is 2. The summed E-state index contributed by atoms with van der Waals surface area (Å²) in [6, 6.07) is 7.38. The van der Waals surface area contributed by atoms with E-state index in [-0.39, 0.29) is 12.5 Å². The van der Waals surface area contributed by atoms with Crippen LogP contribution in [0, 0.1) is 0 Å². The molecule has 6 nitrogen and oxygen atoms in total. The second-order valence-corrected chi connectivity index (χ2v) is 4.63. The van der Waals surface area contributed by atoms with Crippen molar-refractivity contribution in [3.8, 4) is 0 Å². The first-order chi connectivity index (χ1) is 10.2. The highest BCUT2D eigenvalue weighted by Crippen LogP contribution is 2.12. The van der Waals surface area contributed by atoms with Gasteiger partial charge in [-0.15, -0.1) is 0 Å². The predicted octanol–water partition coefficient (Wildman–Crippen LogP) is 1.24. The quantitative estimate of drug-likeness (QED) is 0.716. The Kier molecular flexibility index (Phi) is 5.34. The van der Waals surface area contributed by atoms with Crippen molar-refractivity contribution < 1.29 is 9.90 Å². The van der Waals surface area contributed by atoms with E-state index in [2.05, 4.69) is 15.7 Å². The van der Waals surface area contributed by atoms with E-state index in [1.54, 1.807) is 16.9 Å². The Morgan fingerprint density at radius 3 is 3.05 bits per heavy atom. The van der Waals surface area contributed by atoms with Gasteiger partial charge < -0.3 is 15.7 Å². The molecule has 0 unspecified atom stereocenters. The normalized spacial score (nSPS) is 10.4. The van der Waals surface area contributed by atoms with Gasteiger partial charge in [-0.2, -0.15) is 5.10 Å². The van der Waals surface area contributed by atoms with Gasteiger partial charge in [-0.05, 0) is 25.1 Å². The highest BCUT2D eigenvalue weighted by molar-refractivity contribution is 5.95. The number of aromatic nitrogens is 2. The minimum Gasteiger partial charge on any atom is -0.394 e. The van der Waals surface area contributed by atoms with Crippen LogP contribution in [0.3, 0.4) is 0 Å². The second kappa shape index (κ2) is 7.44. The molecular weight excluding hydrogens is 268 g/mol. The molecule has 6 heteroatoms. The molecule has 0 fully saturated rings. The molecule has 0 aliphatic rings. The zero-order valence-corrected chi connectivity index (χ0v) is 12.0. The lowest BCUT2D eigenvalue weighted by Crippen LogP contribution is -2.22. The lowest BCUT2D eigenvalue weighted by molar-refractivity contribution is 0.0956. The minimum atomic E-state index is -0.0723. The van der Waals surface area contributed by atoms with Crippen LogP contribution in [0.25, 0.3) is 0 Å². The van der Waals surface area contributed by atoms with Gasteiger partial charge in [0.1, 0.15) is 0 Å². The predicted molar refractivity (Wildman–Crippen MR) is 81.1 cm³/mol. The fourth-order valence-corrected chi connectivity index (χ4v) is 1.96. The van der Waals surface area contributed by atoms with Gasteiger partial charge in [-0.25, -0.2) is 0 Å². The highest BCUT2D eigenvalue weighted by atomic mass is 16.3. The number of aliphatic hydroxyl groups is 1. The van der Waals surface area contributed by atoms with Crippen molar-refractivity contribution in [3.05, 3.63) is 47.8 Å². The molecule has 0 atom stereocenters. The molecule has 21 heavy (non-hydrogen) atoms. The van der Waals surface area contributed by atoms with Gasteiger partial charge in [-0.3, -0.25) is 9.48 Å². The molecule has 0 spiro atoms. The molecular formula is C15H20N4O2. The molecule has 0 aliphatic heterocycles. The Bertz CT molecular complexity index is 595. The average Bonchev–Trinajstić information content (AvgIpc) is 2.94. The van der Waals surface area contributed by atoms with E-state index < -0.39 is 0 Å². The summed E-state index contributed by atoms with van der Waals surface area (Å²) in [6.07, 6.45) is 3.65. The van der Waals surface area contributed by atoms with Crippen molar-refractivity contribution in [2.75, 3.05) is 18.5 Å². The van der Waals surface area contributed by atoms with Crippen LogP contribution in [-0.4, -0.2) is 33.9 Å². The van der Waals surface area contributed by atoms with Gasteiger partial charge in [0, 0.05) is 36.1 Å². The fraction of sp³-hybridized carbons (Fsp3) is 0.333. The van der Waals surface area contributed by atoms with E-state index in [4.69, 9.17) is 5.11 Å². The Morgan fingerprint density at radius 2 is 2.29 bits per heavy atom. The highest BCUT2D eigenvalue weighted by Gasteiger charge is 2.05. The summed E-state index contributed by atoms with van der Waals surface area (Å²) in [6.45, 7) is 3.69. The number of carbonyl (C=O) groups is 1. The number of anilines is 1. The van der Waals surface area contributed by atoms with Crippen molar-refractivity contribution in [2.45, 2.75) is 20.0 Å². The van der Waals surface area contributed by atoms with Crippen LogP contribution >= 0.6 is 0 Å². The molecule has 0 bridgehead atoms. The van der Waals surface area contributed by atoms with E-state index >= 15 is 0 Å². The number of hydrogen-bond acceptors (Lipinski definition) is 4. The lowest BCUT2D eigenvalue weighted by Gasteiger charge is -2.07. The Balaban J connectivity index is 1.96. The van der Waals surface area contributed by atoms with E-state index in [0.717, 1.165) is 11.3 Å².